The van der Waals surface area contributed by atoms with Gasteiger partial charge in [-0.05, 0) is 253 Å². The molecule has 39 N–H and O–H groups in total. The minimum absolute atomic E-state index is 0.00964. The number of amides is 13. The van der Waals surface area contributed by atoms with Crippen LogP contribution in [0.5, 0.6) is 11.5 Å². The Labute approximate surface area is 741 Å². The molecule has 4 aromatic rings. The fourth-order valence-electron chi connectivity index (χ4n) is 14.0. The minimum Gasteiger partial charge on any atom is -0.508 e. The summed E-state index contributed by atoms with van der Waals surface area (Å²) in [6.45, 7) is 2.89. The zero-order valence-corrected chi connectivity index (χ0v) is 73.1. The van der Waals surface area contributed by atoms with Gasteiger partial charge in [0.05, 0.1) is 0 Å². The molecule has 42 heteroatoms. The molecule has 1 heterocycles. The van der Waals surface area contributed by atoms with Crippen molar-refractivity contribution in [1.82, 2.24) is 68.8 Å². The summed E-state index contributed by atoms with van der Waals surface area (Å²) in [5, 5.41) is 54.3. The molecule has 0 radical (unpaired) electrons. The summed E-state index contributed by atoms with van der Waals surface area (Å²) in [6.07, 6.45) is 6.60. The van der Waals surface area contributed by atoms with Crippen LogP contribution in [0, 0.1) is 0 Å². The number of carbonyl (C=O) groups excluding carboxylic acids is 13. The second kappa shape index (κ2) is 60.7. The number of rotatable bonds is 66. The fourth-order valence-corrected chi connectivity index (χ4v) is 14.0. The summed E-state index contributed by atoms with van der Waals surface area (Å²) in [7, 11) is 0. The number of aliphatic imine (C=N–C) groups is 2. The van der Waals surface area contributed by atoms with Gasteiger partial charge >= 0.3 is 0 Å². The number of aromatic amines is 1. The fraction of sp³-hybridized carbons (Fsp3) is 0.588. The number of unbranched alkanes of at least 4 members (excludes halogenated alkanes) is 7. The molecule has 0 aliphatic heterocycles. The number of hydrogen-bond donors (Lipinski definition) is 27. The zero-order chi connectivity index (χ0) is 93.6. The maximum Gasteiger partial charge on any atom is 0.243 e. The number of carbonyl (C=O) groups is 13. The molecule has 0 saturated carbocycles. The van der Waals surface area contributed by atoms with E-state index in [2.05, 4.69) is 78.8 Å². The highest BCUT2D eigenvalue weighted by Gasteiger charge is 2.38. The molecule has 12 unspecified atom stereocenters. The van der Waals surface area contributed by atoms with Crippen LogP contribution in [-0.4, -0.2) is 235 Å². The topological polar surface area (TPSA) is 759 Å². The Bertz CT molecular complexity index is 4130. The largest absolute Gasteiger partial charge is 0.508 e. The highest BCUT2D eigenvalue weighted by molar-refractivity contribution is 6.00. The number of fused-ring (bicyclic) bond motifs is 1. The average molecular weight is 1780 g/mol. The number of aromatic hydroxyl groups is 2. The zero-order valence-electron chi connectivity index (χ0n) is 73.1. The van der Waals surface area contributed by atoms with E-state index >= 15 is 24.0 Å². The van der Waals surface area contributed by atoms with Gasteiger partial charge in [0.2, 0.25) is 76.8 Å². The van der Waals surface area contributed by atoms with Gasteiger partial charge in [-0.1, -0.05) is 42.5 Å². The van der Waals surface area contributed by atoms with Crippen molar-refractivity contribution in [2.75, 3.05) is 58.9 Å². The van der Waals surface area contributed by atoms with Crippen LogP contribution in [0.25, 0.3) is 10.9 Å². The lowest BCUT2D eigenvalue weighted by Gasteiger charge is -2.29. The van der Waals surface area contributed by atoms with Crippen LogP contribution in [0.3, 0.4) is 0 Å². The van der Waals surface area contributed by atoms with Gasteiger partial charge in [0.1, 0.15) is 84.0 Å². The smallest absolute Gasteiger partial charge is 0.243 e. The third kappa shape index (κ3) is 41.9. The molecular formula is C85H141N27O15. The van der Waals surface area contributed by atoms with Crippen molar-refractivity contribution in [3.8, 4) is 11.5 Å². The number of nitrogens with zero attached hydrogens (tertiary/aromatic N) is 2. The predicted octanol–water partition coefficient (Wildman–Crippen LogP) is -4.06. The van der Waals surface area contributed by atoms with Gasteiger partial charge in [-0.2, -0.15) is 0 Å². The summed E-state index contributed by atoms with van der Waals surface area (Å²) in [4.78, 5) is 200. The van der Waals surface area contributed by atoms with E-state index in [4.69, 9.17) is 68.8 Å². The second-order valence-corrected chi connectivity index (χ2v) is 31.5. The third-order valence-corrected chi connectivity index (χ3v) is 21.1. The lowest BCUT2D eigenvalue weighted by Crippen LogP contribution is -2.61. The van der Waals surface area contributed by atoms with E-state index in [-0.39, 0.29) is 179 Å². The number of primary amides is 1. The minimum atomic E-state index is -1.58. The van der Waals surface area contributed by atoms with E-state index < -0.39 is 149 Å². The Balaban J connectivity index is 1.77. The molecule has 13 amide bonds. The van der Waals surface area contributed by atoms with E-state index in [0.717, 1.165) is 0 Å². The highest BCUT2D eigenvalue weighted by Crippen LogP contribution is 2.22. The van der Waals surface area contributed by atoms with Crippen LogP contribution in [0.1, 0.15) is 184 Å². The first kappa shape index (κ1) is 108. The van der Waals surface area contributed by atoms with E-state index in [1.165, 1.54) is 55.5 Å². The predicted molar refractivity (Wildman–Crippen MR) is 484 cm³/mol. The van der Waals surface area contributed by atoms with Crippen molar-refractivity contribution < 1.29 is 72.5 Å². The van der Waals surface area contributed by atoms with Crippen LogP contribution >= 0.6 is 0 Å². The number of benzene rings is 3. The summed E-state index contributed by atoms with van der Waals surface area (Å²) >= 11 is 0. The number of nitrogens with one attached hydrogen (secondary N) is 13. The van der Waals surface area contributed by atoms with Crippen LogP contribution in [0.4, 0.5) is 0 Å². The van der Waals surface area contributed by atoms with Gasteiger partial charge in [-0.3, -0.25) is 72.3 Å². The summed E-state index contributed by atoms with van der Waals surface area (Å²) < 4.78 is 0. The Morgan fingerprint density at radius 1 is 0.299 bits per heavy atom. The molecule has 4 rings (SSSR count). The molecule has 1 aromatic heterocycles. The van der Waals surface area contributed by atoms with Crippen LogP contribution in [0.2, 0.25) is 0 Å². The molecular weight excluding hydrogens is 1640 g/mol. The van der Waals surface area contributed by atoms with E-state index in [1.54, 1.807) is 30.5 Å². The maximum absolute atomic E-state index is 15.5. The van der Waals surface area contributed by atoms with Gasteiger partial charge in [-0.25, -0.2) is 0 Å². The second-order valence-electron chi connectivity index (χ2n) is 31.5. The number of hydrogen-bond acceptors (Lipinski definition) is 24. The quantitative estimate of drug-likeness (QED) is 0.0114. The van der Waals surface area contributed by atoms with Gasteiger partial charge in [0.15, 0.2) is 11.9 Å². The number of nitrogens with two attached hydrogens (primary N) is 12. The van der Waals surface area contributed by atoms with Gasteiger partial charge < -0.3 is 148 Å². The average Bonchev–Trinajstić information content (AvgIpc) is 1.69. The van der Waals surface area contributed by atoms with Crippen LogP contribution < -0.4 is 133 Å². The standard InChI is InChI=1S/C85H141N27O15/c1-52(113)101-61(29-18-46-98-84(94)95)73(117)110-70(49-54-33-37-57(115)38-34-54)82(126)111-69(48-53-31-35-56(114)36-32-53)81(125)109-68(30-19-47-99-85(96)97)80(124)112-71(50-55-51-100-59-21-3-2-20-58(55)59)83(127)108-67(28-10-17-45-92)79(123)107-66(27-9-16-44-91)78(122)106-65(26-8-15-43-90)77(121)105-64(25-7-14-42-89)76(120)104-63(24-6-13-41-88)75(119)103-62(23-5-12-40-87)74(118)102-60(72(93)116)22-4-11-39-86/h2-3,20-21,31-38,51,60-71,100,114-115H,4-19,22-30,39-50,86-92H2,1H3,(H2,93,116)(H,101,113)(H,102,118)(H,103,119)(H,104,120)(H,105,121)(H,106,122)(H,107,123)(H,108,127)(H,109,125)(H,110,117)(H,111,126)(H,112,124)(H4,94,95,98)(H4,96,97,99). The molecule has 0 saturated heterocycles. The van der Waals surface area contributed by atoms with E-state index in [1.807, 2.05) is 0 Å². The first-order valence-electron chi connectivity index (χ1n) is 43.9. The number of para-hydroxylation sites is 1. The molecule has 0 aliphatic rings. The van der Waals surface area contributed by atoms with Gasteiger partial charge in [-0.15, -0.1) is 0 Å². The first-order chi connectivity index (χ1) is 60.9. The molecule has 12 atom stereocenters. The Morgan fingerprint density at radius 3 is 0.803 bits per heavy atom. The Kier molecular flexibility index (Phi) is 51.4. The number of phenolic OH excluding ortho intramolecular Hbond substituents is 2. The van der Waals surface area contributed by atoms with Crippen molar-refractivity contribution >= 4 is 99.6 Å². The van der Waals surface area contributed by atoms with Gasteiger partial charge in [0, 0.05) is 56.4 Å². The molecule has 127 heavy (non-hydrogen) atoms. The van der Waals surface area contributed by atoms with Crippen LogP contribution in [-0.2, 0) is 81.6 Å². The summed E-state index contributed by atoms with van der Waals surface area (Å²) in [6, 6.07) is 2.03. The lowest BCUT2D eigenvalue weighted by molar-refractivity contribution is -0.136. The Morgan fingerprint density at radius 2 is 0.535 bits per heavy atom. The number of aromatic nitrogens is 1. The van der Waals surface area contributed by atoms with Crippen LogP contribution in [0.15, 0.2) is 89.0 Å². The summed E-state index contributed by atoms with van der Waals surface area (Å²) in [5.41, 5.74) is 71.4. The van der Waals surface area contributed by atoms with E-state index in [0.29, 0.717) is 111 Å². The highest BCUT2D eigenvalue weighted by atomic mass is 16.3. The number of H-pyrrole nitrogens is 1. The van der Waals surface area contributed by atoms with E-state index in [9.17, 15) is 48.6 Å². The normalized spacial score (nSPS) is 14.0. The molecule has 0 spiro atoms. The van der Waals surface area contributed by atoms with Crippen molar-refractivity contribution in [3.63, 3.8) is 0 Å². The van der Waals surface area contributed by atoms with Crippen molar-refractivity contribution in [1.29, 1.82) is 0 Å². The molecule has 42 nitrogen and oxygen atoms in total. The number of guanidine groups is 2. The third-order valence-electron chi connectivity index (χ3n) is 21.1. The maximum atomic E-state index is 15.5. The molecule has 0 aliphatic carbocycles. The molecule has 3 aromatic carbocycles. The van der Waals surface area contributed by atoms with Crippen molar-refractivity contribution in [2.24, 2.45) is 78.8 Å². The summed E-state index contributed by atoms with van der Waals surface area (Å²) in [5.74, 6) is -11.3. The first-order valence-corrected chi connectivity index (χ1v) is 43.9. The monoisotopic (exact) mass is 1780 g/mol. The SMILES string of the molecule is CC(=O)NC(CCCN=C(N)N)C(=O)NC(Cc1ccc(O)cc1)C(=O)NC(Cc1ccc(O)cc1)C(=O)NC(CCCN=C(N)N)C(=O)NC(Cc1c[nH]c2ccccc12)C(=O)NC(CCCCN)C(=O)NC(CCCCN)C(=O)NC(CCCCN)C(=O)NC(CCCCN)C(=O)NC(CCCCN)C(=O)NC(CCCCN)C(=O)NC(CCCCN)C(N)=O. The van der Waals surface area contributed by atoms with Crippen molar-refractivity contribution in [3.05, 3.63) is 95.7 Å². The number of phenols is 2. The Hall–Kier alpha value is -11.8. The molecule has 0 fully saturated rings. The molecule has 706 valence electrons. The van der Waals surface area contributed by atoms with Gasteiger partial charge in [0.25, 0.3) is 0 Å². The molecule has 0 bridgehead atoms. The van der Waals surface area contributed by atoms with Crippen molar-refractivity contribution in [2.45, 2.75) is 259 Å². The lowest BCUT2D eigenvalue weighted by atomic mass is 10.00.